The van der Waals surface area contributed by atoms with Gasteiger partial charge in [0, 0.05) is 0 Å². The largest absolute Gasteiger partial charge is 0.334 e. The Bertz CT molecular complexity index is 1230. The molecule has 4 aromatic rings. The number of rotatable bonds is 11. The molecule has 0 aliphatic heterocycles. The van der Waals surface area contributed by atoms with Crippen molar-refractivity contribution in [2.45, 2.75) is 45.4 Å². The Morgan fingerprint density at radius 2 is 1.22 bits per heavy atom. The Kier molecular flexibility index (Phi) is 8.55. The molecule has 0 spiro atoms. The van der Waals surface area contributed by atoms with Gasteiger partial charge < -0.3 is 9.05 Å². The SMILES string of the molecule is CC(C)OP(=O)(C/C=C/c1ncnn1C(c1ccccc1)(c1ccccc1)c1ccccc1)OC(C)C. The molecule has 0 atom stereocenters. The van der Waals surface area contributed by atoms with Gasteiger partial charge in [-0.2, -0.15) is 5.10 Å². The molecule has 4 rings (SSSR count). The average molecular weight is 516 g/mol. The summed E-state index contributed by atoms with van der Waals surface area (Å²) in [5.74, 6) is 0.622. The van der Waals surface area contributed by atoms with Crippen LogP contribution >= 0.6 is 7.60 Å². The predicted molar refractivity (Wildman–Crippen MR) is 149 cm³/mol. The van der Waals surface area contributed by atoms with Crippen molar-refractivity contribution < 1.29 is 13.6 Å². The highest BCUT2D eigenvalue weighted by Gasteiger charge is 2.40. The van der Waals surface area contributed by atoms with E-state index in [1.165, 1.54) is 0 Å². The topological polar surface area (TPSA) is 66.2 Å². The lowest BCUT2D eigenvalue weighted by Gasteiger charge is -2.36. The first-order chi connectivity index (χ1) is 17.8. The monoisotopic (exact) mass is 515 g/mol. The molecule has 0 saturated carbocycles. The molecule has 0 aliphatic rings. The molecule has 192 valence electrons. The Morgan fingerprint density at radius 1 is 0.784 bits per heavy atom. The van der Waals surface area contributed by atoms with Gasteiger partial charge >= 0.3 is 7.60 Å². The second-order valence-corrected chi connectivity index (χ2v) is 11.4. The van der Waals surface area contributed by atoms with E-state index < -0.39 is 13.1 Å². The van der Waals surface area contributed by atoms with Crippen LogP contribution in [0.3, 0.4) is 0 Å². The van der Waals surface area contributed by atoms with E-state index in [0.29, 0.717) is 5.82 Å². The molecule has 3 aromatic carbocycles. The van der Waals surface area contributed by atoms with Crippen LogP contribution in [0.2, 0.25) is 0 Å². The first-order valence-corrected chi connectivity index (χ1v) is 14.3. The zero-order valence-electron chi connectivity index (χ0n) is 21.8. The Hall–Kier alpha value is -3.31. The number of aromatic nitrogens is 3. The quantitative estimate of drug-likeness (QED) is 0.156. The van der Waals surface area contributed by atoms with Crippen LogP contribution in [-0.4, -0.2) is 33.1 Å². The molecule has 7 heteroatoms. The molecule has 0 aliphatic carbocycles. The average Bonchev–Trinajstić information content (AvgIpc) is 3.34. The second kappa shape index (κ2) is 11.8. The summed E-state index contributed by atoms with van der Waals surface area (Å²) in [5, 5.41) is 4.75. The van der Waals surface area contributed by atoms with Gasteiger partial charge in [0.15, 0.2) is 5.82 Å². The van der Waals surface area contributed by atoms with E-state index in [1.807, 2.05) is 93.1 Å². The van der Waals surface area contributed by atoms with Gasteiger partial charge in [-0.25, -0.2) is 9.67 Å². The van der Waals surface area contributed by atoms with Gasteiger partial charge in [0.05, 0.1) is 18.4 Å². The maximum Gasteiger partial charge on any atom is 0.334 e. The summed E-state index contributed by atoms with van der Waals surface area (Å²) in [5.41, 5.74) is 2.35. The lowest BCUT2D eigenvalue weighted by atomic mass is 9.77. The molecular weight excluding hydrogens is 481 g/mol. The predicted octanol–water partition coefficient (Wildman–Crippen LogP) is 7.17. The van der Waals surface area contributed by atoms with E-state index >= 15 is 0 Å². The van der Waals surface area contributed by atoms with E-state index in [0.717, 1.165) is 16.7 Å². The zero-order valence-corrected chi connectivity index (χ0v) is 22.7. The Balaban J connectivity index is 1.86. The van der Waals surface area contributed by atoms with Crippen LogP contribution in [0.4, 0.5) is 0 Å². The lowest BCUT2D eigenvalue weighted by Crippen LogP contribution is -2.39. The van der Waals surface area contributed by atoms with Crippen LogP contribution in [0.5, 0.6) is 0 Å². The highest BCUT2D eigenvalue weighted by Crippen LogP contribution is 2.50. The van der Waals surface area contributed by atoms with Crippen LogP contribution in [-0.2, 0) is 19.2 Å². The van der Waals surface area contributed by atoms with E-state index in [1.54, 1.807) is 12.4 Å². The van der Waals surface area contributed by atoms with Crippen LogP contribution < -0.4 is 0 Å². The number of nitrogens with zero attached hydrogens (tertiary/aromatic N) is 3. The molecule has 0 unspecified atom stereocenters. The summed E-state index contributed by atoms with van der Waals surface area (Å²) in [4.78, 5) is 4.59. The standard InChI is InChI=1S/C30H34N3O3P/c1-24(2)35-37(34,36-25(3)4)22-14-21-29-31-23-32-33(29)30(26-15-8-5-9-16-26,27-17-10-6-11-18-27)28-19-12-7-13-20-28/h5-21,23-25H,22H2,1-4H3/b21-14+. The molecule has 0 radical (unpaired) electrons. The van der Waals surface area contributed by atoms with Crippen molar-refractivity contribution in [3.63, 3.8) is 0 Å². The number of benzene rings is 3. The minimum atomic E-state index is -3.32. The molecule has 0 amide bonds. The molecule has 0 fully saturated rings. The van der Waals surface area contributed by atoms with Gasteiger partial charge in [0.2, 0.25) is 0 Å². The molecule has 0 saturated heterocycles. The zero-order chi connectivity index (χ0) is 26.3. The second-order valence-electron chi connectivity index (χ2n) is 9.34. The summed E-state index contributed by atoms with van der Waals surface area (Å²) in [6.45, 7) is 7.41. The fourth-order valence-electron chi connectivity index (χ4n) is 4.57. The van der Waals surface area contributed by atoms with Crippen molar-refractivity contribution in [1.82, 2.24) is 14.8 Å². The first kappa shape index (κ1) is 26.7. The van der Waals surface area contributed by atoms with Crippen LogP contribution in [0.25, 0.3) is 6.08 Å². The van der Waals surface area contributed by atoms with Gasteiger partial charge in [0.1, 0.15) is 11.9 Å². The van der Waals surface area contributed by atoms with Crippen molar-refractivity contribution in [3.8, 4) is 0 Å². The smallest absolute Gasteiger partial charge is 0.306 e. The Morgan fingerprint density at radius 3 is 1.62 bits per heavy atom. The first-order valence-electron chi connectivity index (χ1n) is 12.5. The van der Waals surface area contributed by atoms with E-state index in [4.69, 9.17) is 14.1 Å². The van der Waals surface area contributed by atoms with Gasteiger partial charge in [-0.3, -0.25) is 4.57 Å². The van der Waals surface area contributed by atoms with Crippen LogP contribution in [0, 0.1) is 0 Å². The number of hydrogen-bond donors (Lipinski definition) is 0. The van der Waals surface area contributed by atoms with Gasteiger partial charge in [-0.15, -0.1) is 0 Å². The molecule has 6 nitrogen and oxygen atoms in total. The summed E-state index contributed by atoms with van der Waals surface area (Å²) in [6.07, 6.45) is 4.89. The summed E-state index contributed by atoms with van der Waals surface area (Å²) < 4.78 is 26.7. The maximum atomic E-state index is 13.4. The van der Waals surface area contributed by atoms with E-state index in [9.17, 15) is 4.57 Å². The van der Waals surface area contributed by atoms with Crippen molar-refractivity contribution in [2.75, 3.05) is 6.16 Å². The summed E-state index contributed by atoms with van der Waals surface area (Å²) in [7, 11) is -3.32. The highest BCUT2D eigenvalue weighted by atomic mass is 31.2. The fourth-order valence-corrected chi connectivity index (χ4v) is 6.44. The molecule has 1 heterocycles. The normalized spacial score (nSPS) is 12.6. The van der Waals surface area contributed by atoms with Gasteiger partial charge in [0.25, 0.3) is 0 Å². The molecule has 0 N–H and O–H groups in total. The number of allylic oxidation sites excluding steroid dienone is 1. The van der Waals surface area contributed by atoms with Crippen LogP contribution in [0.1, 0.15) is 50.2 Å². The van der Waals surface area contributed by atoms with Gasteiger partial charge in [-0.05, 0) is 50.5 Å². The molecule has 37 heavy (non-hydrogen) atoms. The third kappa shape index (κ3) is 5.99. The lowest BCUT2D eigenvalue weighted by molar-refractivity contribution is 0.144. The van der Waals surface area contributed by atoms with Crippen molar-refractivity contribution in [1.29, 1.82) is 0 Å². The third-order valence-corrected chi connectivity index (χ3v) is 7.95. The minimum absolute atomic E-state index is 0.130. The minimum Gasteiger partial charge on any atom is -0.306 e. The number of hydrogen-bond acceptors (Lipinski definition) is 5. The summed E-state index contributed by atoms with van der Waals surface area (Å²) >= 11 is 0. The highest BCUT2D eigenvalue weighted by molar-refractivity contribution is 7.54. The fraction of sp³-hybridized carbons (Fsp3) is 0.267. The van der Waals surface area contributed by atoms with Crippen LogP contribution in [0.15, 0.2) is 103 Å². The third-order valence-electron chi connectivity index (χ3n) is 5.81. The van der Waals surface area contributed by atoms with Crippen molar-refractivity contribution in [2.24, 2.45) is 0 Å². The van der Waals surface area contributed by atoms with Crippen molar-refractivity contribution in [3.05, 3.63) is 126 Å². The van der Waals surface area contributed by atoms with E-state index in [2.05, 4.69) is 41.4 Å². The van der Waals surface area contributed by atoms with Gasteiger partial charge in [-0.1, -0.05) is 97.1 Å². The van der Waals surface area contributed by atoms with Crippen molar-refractivity contribution >= 4 is 13.7 Å². The summed E-state index contributed by atoms with van der Waals surface area (Å²) in [6, 6.07) is 30.9. The van der Waals surface area contributed by atoms with E-state index in [-0.39, 0.29) is 18.4 Å². The maximum absolute atomic E-state index is 13.4. The Labute approximate surface area is 219 Å². The molecular formula is C30H34N3O3P. The molecule has 0 bridgehead atoms. The molecule has 1 aromatic heterocycles.